The minimum Gasteiger partial charge on any atom is -0.496 e. The molecule has 112 valence electrons. The van der Waals surface area contributed by atoms with Gasteiger partial charge >= 0.3 is 5.97 Å². The number of hydrogen-bond acceptors (Lipinski definition) is 3. The molecule has 0 saturated heterocycles. The van der Waals surface area contributed by atoms with Gasteiger partial charge in [0.25, 0.3) is 0 Å². The van der Waals surface area contributed by atoms with Crippen molar-refractivity contribution in [2.24, 2.45) is 0 Å². The van der Waals surface area contributed by atoms with Crippen molar-refractivity contribution >= 4 is 5.97 Å². The van der Waals surface area contributed by atoms with Crippen LogP contribution in [0.2, 0.25) is 0 Å². The average Bonchev–Trinajstić information content (AvgIpc) is 2.72. The van der Waals surface area contributed by atoms with E-state index in [2.05, 4.69) is 5.10 Å². The van der Waals surface area contributed by atoms with E-state index < -0.39 is 5.97 Å². The molecule has 21 heavy (non-hydrogen) atoms. The Bertz CT molecular complexity index is 674. The SMILES string of the molecule is CCn1nc(C)c(-c2ccc(OC)c(CC(=O)O)c2)c1C. The van der Waals surface area contributed by atoms with Crippen LogP contribution in [0.4, 0.5) is 0 Å². The zero-order chi connectivity index (χ0) is 15.6. The summed E-state index contributed by atoms with van der Waals surface area (Å²) >= 11 is 0. The summed E-state index contributed by atoms with van der Waals surface area (Å²) in [5.41, 5.74) is 4.74. The fourth-order valence-electron chi connectivity index (χ4n) is 2.66. The number of aryl methyl sites for hydroxylation is 2. The first kappa shape index (κ1) is 15.1. The van der Waals surface area contributed by atoms with Crippen LogP contribution in [0.25, 0.3) is 11.1 Å². The molecule has 0 spiro atoms. The van der Waals surface area contributed by atoms with Crippen LogP contribution in [0, 0.1) is 13.8 Å². The van der Waals surface area contributed by atoms with Crippen LogP contribution < -0.4 is 4.74 Å². The predicted molar refractivity (Wildman–Crippen MR) is 80.7 cm³/mol. The maximum atomic E-state index is 11.0. The van der Waals surface area contributed by atoms with Crippen molar-refractivity contribution in [2.45, 2.75) is 33.7 Å². The largest absolute Gasteiger partial charge is 0.496 e. The molecule has 5 heteroatoms. The number of aromatic nitrogens is 2. The normalized spacial score (nSPS) is 10.7. The zero-order valence-corrected chi connectivity index (χ0v) is 12.8. The van der Waals surface area contributed by atoms with Crippen LogP contribution in [0.15, 0.2) is 18.2 Å². The van der Waals surface area contributed by atoms with Crippen LogP contribution in [0.1, 0.15) is 23.9 Å². The highest BCUT2D eigenvalue weighted by molar-refractivity contribution is 5.75. The van der Waals surface area contributed by atoms with E-state index in [1.165, 1.54) is 0 Å². The Labute approximate surface area is 124 Å². The summed E-state index contributed by atoms with van der Waals surface area (Å²) in [7, 11) is 1.55. The summed E-state index contributed by atoms with van der Waals surface area (Å²) in [4.78, 5) is 11.0. The lowest BCUT2D eigenvalue weighted by Crippen LogP contribution is -2.03. The first-order valence-electron chi connectivity index (χ1n) is 6.91. The Hall–Kier alpha value is -2.30. The number of benzene rings is 1. The van der Waals surface area contributed by atoms with Gasteiger partial charge in [-0.15, -0.1) is 0 Å². The Morgan fingerprint density at radius 1 is 1.38 bits per heavy atom. The maximum Gasteiger partial charge on any atom is 0.307 e. The Kier molecular flexibility index (Phi) is 4.31. The van der Waals surface area contributed by atoms with Crippen molar-refractivity contribution in [3.8, 4) is 16.9 Å². The number of carboxylic acid groups (broad SMARTS) is 1. The number of ether oxygens (including phenoxy) is 1. The molecule has 0 radical (unpaired) electrons. The van der Waals surface area contributed by atoms with Gasteiger partial charge in [-0.3, -0.25) is 9.48 Å². The molecule has 1 aromatic carbocycles. The van der Waals surface area contributed by atoms with Crippen LogP contribution in [0.3, 0.4) is 0 Å². The highest BCUT2D eigenvalue weighted by atomic mass is 16.5. The highest BCUT2D eigenvalue weighted by Crippen LogP contribution is 2.31. The molecule has 0 unspecified atom stereocenters. The van der Waals surface area contributed by atoms with Gasteiger partial charge in [0, 0.05) is 23.4 Å². The summed E-state index contributed by atoms with van der Waals surface area (Å²) in [6.45, 7) is 6.85. The second-order valence-corrected chi connectivity index (χ2v) is 4.96. The molecule has 1 aromatic heterocycles. The predicted octanol–water partition coefficient (Wildman–Crippen LogP) is 2.82. The van der Waals surface area contributed by atoms with Crippen molar-refractivity contribution in [2.75, 3.05) is 7.11 Å². The average molecular weight is 288 g/mol. The van der Waals surface area contributed by atoms with E-state index in [1.54, 1.807) is 7.11 Å². The number of methoxy groups -OCH3 is 1. The molecule has 0 aliphatic carbocycles. The van der Waals surface area contributed by atoms with E-state index in [0.717, 1.165) is 29.1 Å². The molecule has 0 aliphatic heterocycles. The molecule has 5 nitrogen and oxygen atoms in total. The van der Waals surface area contributed by atoms with E-state index in [4.69, 9.17) is 9.84 Å². The first-order valence-corrected chi connectivity index (χ1v) is 6.91. The Morgan fingerprint density at radius 2 is 2.10 bits per heavy atom. The van der Waals surface area contributed by atoms with Crippen LogP contribution in [0.5, 0.6) is 5.75 Å². The van der Waals surface area contributed by atoms with E-state index in [-0.39, 0.29) is 6.42 Å². The molecule has 0 amide bonds. The first-order chi connectivity index (χ1) is 9.97. The third kappa shape index (κ3) is 2.91. The van der Waals surface area contributed by atoms with Gasteiger partial charge in [-0.25, -0.2) is 0 Å². The molecule has 0 bridgehead atoms. The number of hydrogen-bond donors (Lipinski definition) is 1. The fraction of sp³-hybridized carbons (Fsp3) is 0.375. The summed E-state index contributed by atoms with van der Waals surface area (Å²) in [5, 5.41) is 13.5. The molecule has 0 fully saturated rings. The summed E-state index contributed by atoms with van der Waals surface area (Å²) in [5.74, 6) is -0.275. The van der Waals surface area contributed by atoms with E-state index in [0.29, 0.717) is 11.3 Å². The van der Waals surface area contributed by atoms with Crippen molar-refractivity contribution in [1.29, 1.82) is 0 Å². The van der Waals surface area contributed by atoms with Gasteiger partial charge in [-0.1, -0.05) is 6.07 Å². The van der Waals surface area contributed by atoms with Crippen molar-refractivity contribution in [3.63, 3.8) is 0 Å². The van der Waals surface area contributed by atoms with E-state index in [1.807, 2.05) is 43.7 Å². The van der Waals surface area contributed by atoms with Gasteiger partial charge in [0.15, 0.2) is 0 Å². The number of carbonyl (C=O) groups is 1. The monoisotopic (exact) mass is 288 g/mol. The van der Waals surface area contributed by atoms with Crippen molar-refractivity contribution < 1.29 is 14.6 Å². The number of nitrogens with zero attached hydrogens (tertiary/aromatic N) is 2. The standard InChI is InChI=1S/C16H20N2O3/c1-5-18-11(3)16(10(2)17-18)12-6-7-14(21-4)13(8-12)9-15(19)20/h6-8H,5,9H2,1-4H3,(H,19,20). The van der Waals surface area contributed by atoms with E-state index in [9.17, 15) is 4.79 Å². The molecule has 0 saturated carbocycles. The summed E-state index contributed by atoms with van der Waals surface area (Å²) in [6.07, 6.45) is -0.0585. The quantitative estimate of drug-likeness (QED) is 0.919. The number of rotatable bonds is 5. The fourth-order valence-corrected chi connectivity index (χ4v) is 2.66. The second kappa shape index (κ2) is 5.99. The van der Waals surface area contributed by atoms with Crippen molar-refractivity contribution in [3.05, 3.63) is 35.2 Å². The molecule has 2 aromatic rings. The molecule has 2 rings (SSSR count). The van der Waals surface area contributed by atoms with Gasteiger partial charge in [0.05, 0.1) is 19.2 Å². The molecule has 0 atom stereocenters. The van der Waals surface area contributed by atoms with Crippen LogP contribution in [-0.4, -0.2) is 28.0 Å². The molecule has 1 N–H and O–H groups in total. The Morgan fingerprint density at radius 3 is 2.62 bits per heavy atom. The van der Waals surface area contributed by atoms with Crippen molar-refractivity contribution in [1.82, 2.24) is 9.78 Å². The lowest BCUT2D eigenvalue weighted by molar-refractivity contribution is -0.136. The highest BCUT2D eigenvalue weighted by Gasteiger charge is 2.15. The van der Waals surface area contributed by atoms with Gasteiger partial charge in [0.1, 0.15) is 5.75 Å². The zero-order valence-electron chi connectivity index (χ0n) is 12.8. The van der Waals surface area contributed by atoms with Gasteiger partial charge in [-0.05, 0) is 38.5 Å². The minimum atomic E-state index is -0.872. The maximum absolute atomic E-state index is 11.0. The van der Waals surface area contributed by atoms with Crippen LogP contribution >= 0.6 is 0 Å². The molecule has 0 aliphatic rings. The number of carboxylic acids is 1. The second-order valence-electron chi connectivity index (χ2n) is 4.96. The molecular weight excluding hydrogens is 268 g/mol. The lowest BCUT2D eigenvalue weighted by atomic mass is 9.99. The Balaban J connectivity index is 2.55. The number of aliphatic carboxylic acids is 1. The van der Waals surface area contributed by atoms with E-state index >= 15 is 0 Å². The van der Waals surface area contributed by atoms with Gasteiger partial charge < -0.3 is 9.84 Å². The minimum absolute atomic E-state index is 0.0585. The topological polar surface area (TPSA) is 64.4 Å². The summed E-state index contributed by atoms with van der Waals surface area (Å²) < 4.78 is 7.19. The van der Waals surface area contributed by atoms with Gasteiger partial charge in [0.2, 0.25) is 0 Å². The van der Waals surface area contributed by atoms with Gasteiger partial charge in [-0.2, -0.15) is 5.10 Å². The van der Waals surface area contributed by atoms with Crippen LogP contribution in [-0.2, 0) is 17.8 Å². The third-order valence-electron chi connectivity index (χ3n) is 3.59. The molecular formula is C16H20N2O3. The smallest absolute Gasteiger partial charge is 0.307 e. The lowest BCUT2D eigenvalue weighted by Gasteiger charge is -2.10. The summed E-state index contributed by atoms with van der Waals surface area (Å²) in [6, 6.07) is 5.64. The third-order valence-corrected chi connectivity index (χ3v) is 3.59. The molecule has 1 heterocycles.